The Bertz CT molecular complexity index is 1040. The number of hydrogen-bond donors (Lipinski definition) is 2. The maximum absolute atomic E-state index is 12.7. The molecule has 1 atom stereocenters. The molecule has 0 bridgehead atoms. The van der Waals surface area contributed by atoms with Crippen molar-refractivity contribution < 1.29 is 13.2 Å². The first-order valence-electron chi connectivity index (χ1n) is 8.41. The smallest absolute Gasteiger partial charge is 0.271 e. The number of amides is 1. The van der Waals surface area contributed by atoms with Gasteiger partial charge in [-0.3, -0.25) is 9.52 Å². The molecule has 0 aliphatic heterocycles. The highest BCUT2D eigenvalue weighted by Crippen LogP contribution is 2.25. The zero-order chi connectivity index (χ0) is 19.4. The second kappa shape index (κ2) is 7.94. The molecule has 0 radical (unpaired) electrons. The van der Waals surface area contributed by atoms with Crippen LogP contribution in [0.1, 0.15) is 33.8 Å². The second-order valence-electron chi connectivity index (χ2n) is 6.12. The van der Waals surface area contributed by atoms with Gasteiger partial charge in [-0.2, -0.15) is 0 Å². The predicted molar refractivity (Wildman–Crippen MR) is 109 cm³/mol. The molecule has 0 spiro atoms. The van der Waals surface area contributed by atoms with Crippen LogP contribution in [-0.4, -0.2) is 14.3 Å². The number of sulfonamides is 1. The van der Waals surface area contributed by atoms with E-state index in [-0.39, 0.29) is 27.4 Å². The lowest BCUT2D eigenvalue weighted by Crippen LogP contribution is -2.27. The molecule has 140 valence electrons. The lowest BCUT2D eigenvalue weighted by molar-refractivity contribution is 0.0941. The van der Waals surface area contributed by atoms with Crippen LogP contribution in [0.3, 0.4) is 0 Å². The van der Waals surface area contributed by atoms with Gasteiger partial charge in [-0.1, -0.05) is 42.5 Å². The fourth-order valence-electron chi connectivity index (χ4n) is 2.62. The quantitative estimate of drug-likeness (QED) is 0.646. The summed E-state index contributed by atoms with van der Waals surface area (Å²) >= 11 is 1.19. The monoisotopic (exact) mass is 400 g/mol. The van der Waals surface area contributed by atoms with Crippen molar-refractivity contribution in [3.63, 3.8) is 0 Å². The van der Waals surface area contributed by atoms with E-state index in [1.807, 2.05) is 44.2 Å². The minimum Gasteiger partial charge on any atom is -0.345 e. The lowest BCUT2D eigenvalue weighted by atomic mass is 10.1. The van der Waals surface area contributed by atoms with E-state index >= 15 is 0 Å². The van der Waals surface area contributed by atoms with Crippen molar-refractivity contribution in [1.29, 1.82) is 0 Å². The molecule has 1 heterocycles. The molecule has 0 saturated carbocycles. The van der Waals surface area contributed by atoms with Gasteiger partial charge < -0.3 is 5.32 Å². The van der Waals surface area contributed by atoms with Crippen LogP contribution in [-0.2, 0) is 10.0 Å². The number of anilines is 1. The largest absolute Gasteiger partial charge is 0.345 e. The van der Waals surface area contributed by atoms with Gasteiger partial charge in [0.25, 0.3) is 15.9 Å². The SMILES string of the molecule is Cc1ccc(S(=O)(=O)Nc2ccccc2C(=O)NC(C)c2ccccc2)s1. The minimum atomic E-state index is -3.74. The first-order valence-corrected chi connectivity index (χ1v) is 10.7. The molecule has 0 aliphatic rings. The highest BCUT2D eigenvalue weighted by molar-refractivity contribution is 7.94. The van der Waals surface area contributed by atoms with Crippen LogP contribution in [0.25, 0.3) is 0 Å². The zero-order valence-electron chi connectivity index (χ0n) is 15.0. The molecule has 1 aromatic heterocycles. The van der Waals surface area contributed by atoms with Crippen LogP contribution in [0.4, 0.5) is 5.69 Å². The zero-order valence-corrected chi connectivity index (χ0v) is 16.6. The van der Waals surface area contributed by atoms with Crippen LogP contribution in [0.2, 0.25) is 0 Å². The molecule has 3 rings (SSSR count). The van der Waals surface area contributed by atoms with E-state index in [2.05, 4.69) is 10.0 Å². The summed E-state index contributed by atoms with van der Waals surface area (Å²) in [5.74, 6) is -0.341. The Balaban J connectivity index is 1.82. The van der Waals surface area contributed by atoms with E-state index in [1.54, 1.807) is 36.4 Å². The van der Waals surface area contributed by atoms with Gasteiger partial charge in [0.15, 0.2) is 0 Å². The normalized spacial score (nSPS) is 12.4. The van der Waals surface area contributed by atoms with Gasteiger partial charge in [0.1, 0.15) is 4.21 Å². The van der Waals surface area contributed by atoms with E-state index in [0.29, 0.717) is 0 Å². The first-order chi connectivity index (χ1) is 12.9. The second-order valence-corrected chi connectivity index (χ2v) is 9.32. The Kier molecular flexibility index (Phi) is 5.62. The van der Waals surface area contributed by atoms with Crippen molar-refractivity contribution in [3.8, 4) is 0 Å². The van der Waals surface area contributed by atoms with E-state index in [0.717, 1.165) is 10.4 Å². The standard InChI is InChI=1S/C20H20N2O3S2/c1-14-12-13-19(26-14)27(24,25)22-18-11-7-6-10-17(18)20(23)21-15(2)16-8-4-3-5-9-16/h3-13,15,22H,1-2H3,(H,21,23). The summed E-state index contributed by atoms with van der Waals surface area (Å²) in [4.78, 5) is 13.6. The number of rotatable bonds is 6. The molecule has 0 fully saturated rings. The highest BCUT2D eigenvalue weighted by atomic mass is 32.2. The maximum Gasteiger partial charge on any atom is 0.271 e. The van der Waals surface area contributed by atoms with Gasteiger partial charge in [0.05, 0.1) is 17.3 Å². The van der Waals surface area contributed by atoms with Crippen LogP contribution in [0, 0.1) is 6.92 Å². The molecule has 27 heavy (non-hydrogen) atoms. The van der Waals surface area contributed by atoms with Crippen molar-refractivity contribution in [2.24, 2.45) is 0 Å². The van der Waals surface area contributed by atoms with E-state index < -0.39 is 10.0 Å². The molecule has 7 heteroatoms. The predicted octanol–water partition coefficient (Wildman–Crippen LogP) is 4.35. The maximum atomic E-state index is 12.7. The fraction of sp³-hybridized carbons (Fsp3) is 0.150. The number of carbonyl (C=O) groups excluding carboxylic acids is 1. The molecular weight excluding hydrogens is 380 g/mol. The number of para-hydroxylation sites is 1. The van der Waals surface area contributed by atoms with E-state index in [9.17, 15) is 13.2 Å². The topological polar surface area (TPSA) is 75.3 Å². The fourth-order valence-corrected chi connectivity index (χ4v) is 4.98. The summed E-state index contributed by atoms with van der Waals surface area (Å²) in [7, 11) is -3.74. The number of carbonyl (C=O) groups is 1. The molecule has 0 saturated heterocycles. The average Bonchev–Trinajstić information content (AvgIpc) is 3.10. The van der Waals surface area contributed by atoms with Crippen LogP contribution < -0.4 is 10.0 Å². The first kappa shape index (κ1) is 19.1. The summed E-state index contributed by atoms with van der Waals surface area (Å²) in [6.45, 7) is 3.73. The van der Waals surface area contributed by atoms with Crippen molar-refractivity contribution in [3.05, 3.63) is 82.7 Å². The third-order valence-electron chi connectivity index (χ3n) is 4.04. The Morgan fingerprint density at radius 2 is 1.63 bits per heavy atom. The van der Waals surface area contributed by atoms with Gasteiger partial charge >= 0.3 is 0 Å². The van der Waals surface area contributed by atoms with E-state index in [4.69, 9.17) is 0 Å². The average molecular weight is 401 g/mol. The Morgan fingerprint density at radius 3 is 2.30 bits per heavy atom. The number of hydrogen-bond acceptors (Lipinski definition) is 4. The lowest BCUT2D eigenvalue weighted by Gasteiger charge is -2.16. The van der Waals surface area contributed by atoms with Crippen molar-refractivity contribution in [2.45, 2.75) is 24.1 Å². The summed E-state index contributed by atoms with van der Waals surface area (Å²) < 4.78 is 27.9. The number of thiophene rings is 1. The van der Waals surface area contributed by atoms with Gasteiger partial charge in [0.2, 0.25) is 0 Å². The Morgan fingerprint density at radius 1 is 0.963 bits per heavy atom. The number of aryl methyl sites for hydroxylation is 1. The van der Waals surface area contributed by atoms with Gasteiger partial charge in [0, 0.05) is 4.88 Å². The van der Waals surface area contributed by atoms with Gasteiger partial charge in [-0.25, -0.2) is 8.42 Å². The van der Waals surface area contributed by atoms with Crippen LogP contribution in [0.5, 0.6) is 0 Å². The summed E-state index contributed by atoms with van der Waals surface area (Å²) in [5.41, 5.74) is 1.50. The highest BCUT2D eigenvalue weighted by Gasteiger charge is 2.20. The number of benzene rings is 2. The molecule has 2 N–H and O–H groups in total. The van der Waals surface area contributed by atoms with Crippen LogP contribution in [0.15, 0.2) is 70.9 Å². The third kappa shape index (κ3) is 4.56. The molecule has 5 nitrogen and oxygen atoms in total. The van der Waals surface area contributed by atoms with Crippen LogP contribution >= 0.6 is 11.3 Å². The molecule has 2 aromatic carbocycles. The molecular formula is C20H20N2O3S2. The Hall–Kier alpha value is -2.64. The van der Waals surface area contributed by atoms with Crippen molar-refractivity contribution in [2.75, 3.05) is 4.72 Å². The van der Waals surface area contributed by atoms with Gasteiger partial charge in [-0.15, -0.1) is 11.3 Å². The van der Waals surface area contributed by atoms with Crippen molar-refractivity contribution >= 4 is 33.0 Å². The van der Waals surface area contributed by atoms with E-state index in [1.165, 1.54) is 11.3 Å². The number of nitrogens with one attached hydrogen (secondary N) is 2. The van der Waals surface area contributed by atoms with Gasteiger partial charge in [-0.05, 0) is 43.7 Å². The minimum absolute atomic E-state index is 0.205. The summed E-state index contributed by atoms with van der Waals surface area (Å²) in [6, 6.07) is 19.3. The van der Waals surface area contributed by atoms with Crippen molar-refractivity contribution in [1.82, 2.24) is 5.32 Å². The molecule has 1 amide bonds. The third-order valence-corrected chi connectivity index (χ3v) is 6.90. The molecule has 0 aliphatic carbocycles. The molecule has 1 unspecified atom stereocenters. The molecule has 3 aromatic rings. The Labute approximate surface area is 163 Å². The summed E-state index contributed by atoms with van der Waals surface area (Å²) in [5, 5.41) is 2.91. The summed E-state index contributed by atoms with van der Waals surface area (Å²) in [6.07, 6.45) is 0.